The minimum atomic E-state index is -1.06. The first-order valence-electron chi connectivity index (χ1n) is 5.25. The molecule has 0 fully saturated rings. The first-order valence-corrected chi connectivity index (χ1v) is 6.43. The number of benzene rings is 2. The summed E-state index contributed by atoms with van der Waals surface area (Å²) in [5.41, 5.74) is 5.85. The van der Waals surface area contributed by atoms with Crippen LogP contribution in [0.2, 0.25) is 5.02 Å². The molecule has 1 unspecified atom stereocenters. The number of nitrogens with two attached hydrogens (primary N) is 1. The average Bonchev–Trinajstić information content (AvgIpc) is 2.35. The summed E-state index contributed by atoms with van der Waals surface area (Å²) in [7, 11) is 0. The van der Waals surface area contributed by atoms with Crippen molar-refractivity contribution in [1.82, 2.24) is 0 Å². The second-order valence-corrected chi connectivity index (χ2v) is 5.14. The fourth-order valence-corrected chi connectivity index (χ4v) is 2.18. The highest BCUT2D eigenvalue weighted by molar-refractivity contribution is 9.10. The molecular weight excluding hydrogens is 343 g/mol. The van der Waals surface area contributed by atoms with Gasteiger partial charge in [0, 0.05) is 21.7 Å². The van der Waals surface area contributed by atoms with Crippen LogP contribution >= 0.6 is 27.5 Å². The molecule has 0 aromatic heterocycles. The molecule has 2 aromatic rings. The lowest BCUT2D eigenvalue weighted by Gasteiger charge is -2.15. The van der Waals surface area contributed by atoms with Gasteiger partial charge in [-0.05, 0) is 28.1 Å². The Bertz CT molecular complexity index is 634. The third kappa shape index (κ3) is 2.78. The number of hydrogen-bond donors (Lipinski definition) is 1. The number of rotatable bonds is 2. The molecule has 2 rings (SSSR count). The summed E-state index contributed by atoms with van der Waals surface area (Å²) < 4.78 is 40.8. The van der Waals surface area contributed by atoms with Gasteiger partial charge in [-0.2, -0.15) is 0 Å². The van der Waals surface area contributed by atoms with Crippen LogP contribution in [0.3, 0.4) is 0 Å². The van der Waals surface area contributed by atoms with Crippen molar-refractivity contribution in [2.45, 2.75) is 6.04 Å². The zero-order valence-electron chi connectivity index (χ0n) is 9.43. The molecule has 6 heteroatoms. The molecular formula is C13H8BrClF3N. The summed E-state index contributed by atoms with van der Waals surface area (Å²) in [6, 6.07) is 4.81. The van der Waals surface area contributed by atoms with Crippen molar-refractivity contribution in [3.05, 3.63) is 68.4 Å². The van der Waals surface area contributed by atoms with Crippen molar-refractivity contribution in [2.24, 2.45) is 5.73 Å². The SMILES string of the molecule is NC(c1ccc(F)cc1F)c1ccc(Br)c(Cl)c1F. The Balaban J connectivity index is 2.50. The minimum absolute atomic E-state index is 0.00121. The highest BCUT2D eigenvalue weighted by Gasteiger charge is 2.20. The molecule has 1 nitrogen and oxygen atoms in total. The molecule has 0 spiro atoms. The molecule has 2 aromatic carbocycles. The predicted molar refractivity (Wildman–Crippen MR) is 71.5 cm³/mol. The highest BCUT2D eigenvalue weighted by Crippen LogP contribution is 2.32. The molecule has 0 radical (unpaired) electrons. The Morgan fingerprint density at radius 1 is 1.05 bits per heavy atom. The lowest BCUT2D eigenvalue weighted by atomic mass is 9.98. The Morgan fingerprint density at radius 3 is 2.32 bits per heavy atom. The first kappa shape index (κ1) is 14.4. The monoisotopic (exact) mass is 349 g/mol. The van der Waals surface area contributed by atoms with Crippen LogP contribution in [0.5, 0.6) is 0 Å². The largest absolute Gasteiger partial charge is 0.320 e. The predicted octanol–water partition coefficient (Wildman–Crippen LogP) is 4.57. The van der Waals surface area contributed by atoms with Gasteiger partial charge in [0.15, 0.2) is 0 Å². The van der Waals surface area contributed by atoms with E-state index in [1.807, 2.05) is 0 Å². The van der Waals surface area contributed by atoms with Gasteiger partial charge in [0.1, 0.15) is 17.5 Å². The molecule has 19 heavy (non-hydrogen) atoms. The van der Waals surface area contributed by atoms with Gasteiger partial charge in [-0.15, -0.1) is 0 Å². The second kappa shape index (κ2) is 5.53. The maximum Gasteiger partial charge on any atom is 0.148 e. The lowest BCUT2D eigenvalue weighted by Crippen LogP contribution is -2.15. The van der Waals surface area contributed by atoms with Crippen LogP contribution < -0.4 is 5.73 Å². The van der Waals surface area contributed by atoms with E-state index in [-0.39, 0.29) is 16.1 Å². The van der Waals surface area contributed by atoms with Crippen LogP contribution in [0.1, 0.15) is 17.2 Å². The summed E-state index contributed by atoms with van der Waals surface area (Å²) in [6.07, 6.45) is 0. The maximum atomic E-state index is 14.0. The fraction of sp³-hybridized carbons (Fsp3) is 0.0769. The van der Waals surface area contributed by atoms with Gasteiger partial charge in [0.2, 0.25) is 0 Å². The van der Waals surface area contributed by atoms with Gasteiger partial charge in [-0.25, -0.2) is 13.2 Å². The van der Waals surface area contributed by atoms with E-state index in [1.54, 1.807) is 0 Å². The number of hydrogen-bond acceptors (Lipinski definition) is 1. The summed E-state index contributed by atoms with van der Waals surface area (Å²) >= 11 is 8.82. The van der Waals surface area contributed by atoms with E-state index in [4.69, 9.17) is 17.3 Å². The standard InChI is InChI=1S/C13H8BrClF3N/c14-9-4-3-8(12(18)11(9)15)13(19)7-2-1-6(16)5-10(7)17/h1-5,13H,19H2. The van der Waals surface area contributed by atoms with Crippen LogP contribution in [0.25, 0.3) is 0 Å². The quantitative estimate of drug-likeness (QED) is 0.789. The maximum absolute atomic E-state index is 14.0. The van der Waals surface area contributed by atoms with Crippen molar-refractivity contribution in [3.8, 4) is 0 Å². The molecule has 0 saturated carbocycles. The van der Waals surface area contributed by atoms with Gasteiger partial charge < -0.3 is 5.73 Å². The van der Waals surface area contributed by atoms with Gasteiger partial charge in [-0.3, -0.25) is 0 Å². The van der Waals surface area contributed by atoms with Crippen LogP contribution in [0.15, 0.2) is 34.8 Å². The van der Waals surface area contributed by atoms with E-state index in [9.17, 15) is 13.2 Å². The Morgan fingerprint density at radius 2 is 1.68 bits per heavy atom. The number of halogens is 5. The smallest absolute Gasteiger partial charge is 0.148 e. The third-order valence-corrected chi connectivity index (χ3v) is 3.96. The lowest BCUT2D eigenvalue weighted by molar-refractivity contribution is 0.556. The van der Waals surface area contributed by atoms with E-state index in [0.717, 1.165) is 6.07 Å². The molecule has 0 aliphatic heterocycles. The zero-order valence-corrected chi connectivity index (χ0v) is 11.8. The normalized spacial score (nSPS) is 12.5. The first-order chi connectivity index (χ1) is 8.91. The zero-order chi connectivity index (χ0) is 14.2. The molecule has 0 aliphatic rings. The topological polar surface area (TPSA) is 26.0 Å². The Kier molecular flexibility index (Phi) is 4.18. The third-order valence-electron chi connectivity index (χ3n) is 2.70. The van der Waals surface area contributed by atoms with E-state index in [2.05, 4.69) is 15.9 Å². The summed E-state index contributed by atoms with van der Waals surface area (Å²) in [6.45, 7) is 0. The van der Waals surface area contributed by atoms with Gasteiger partial charge in [-0.1, -0.05) is 23.7 Å². The van der Waals surface area contributed by atoms with Gasteiger partial charge >= 0.3 is 0 Å². The average molecular weight is 351 g/mol. The summed E-state index contributed by atoms with van der Waals surface area (Å²) in [4.78, 5) is 0. The van der Waals surface area contributed by atoms with Crippen molar-refractivity contribution < 1.29 is 13.2 Å². The van der Waals surface area contributed by atoms with Crippen molar-refractivity contribution in [3.63, 3.8) is 0 Å². The van der Waals surface area contributed by atoms with E-state index >= 15 is 0 Å². The van der Waals surface area contributed by atoms with Crippen LogP contribution in [-0.4, -0.2) is 0 Å². The fourth-order valence-electron chi connectivity index (χ4n) is 1.70. The molecule has 0 heterocycles. The highest BCUT2D eigenvalue weighted by atomic mass is 79.9. The molecule has 0 saturated heterocycles. The molecule has 0 aliphatic carbocycles. The molecule has 2 N–H and O–H groups in total. The molecule has 0 bridgehead atoms. The molecule has 0 amide bonds. The van der Waals surface area contributed by atoms with Crippen LogP contribution in [0, 0.1) is 17.5 Å². The molecule has 100 valence electrons. The van der Waals surface area contributed by atoms with Crippen molar-refractivity contribution >= 4 is 27.5 Å². The van der Waals surface area contributed by atoms with E-state index in [0.29, 0.717) is 10.5 Å². The van der Waals surface area contributed by atoms with Gasteiger partial charge in [0.05, 0.1) is 11.1 Å². The summed E-state index contributed by atoms with van der Waals surface area (Å²) in [5, 5.41) is -0.129. The van der Waals surface area contributed by atoms with Crippen LogP contribution in [-0.2, 0) is 0 Å². The van der Waals surface area contributed by atoms with Crippen LogP contribution in [0.4, 0.5) is 13.2 Å². The summed E-state index contributed by atoms with van der Waals surface area (Å²) in [5.74, 6) is -2.28. The van der Waals surface area contributed by atoms with Crippen molar-refractivity contribution in [1.29, 1.82) is 0 Å². The van der Waals surface area contributed by atoms with E-state index < -0.39 is 23.5 Å². The van der Waals surface area contributed by atoms with Gasteiger partial charge in [0.25, 0.3) is 0 Å². The minimum Gasteiger partial charge on any atom is -0.320 e. The Labute approximate surface area is 121 Å². The Hall–Kier alpha value is -1.04. The molecule has 1 atom stereocenters. The second-order valence-electron chi connectivity index (χ2n) is 3.91. The van der Waals surface area contributed by atoms with Crippen molar-refractivity contribution in [2.75, 3.05) is 0 Å². The van der Waals surface area contributed by atoms with E-state index in [1.165, 1.54) is 18.2 Å².